The van der Waals surface area contributed by atoms with Gasteiger partial charge in [-0.2, -0.15) is 0 Å². The number of anilines is 1. The van der Waals surface area contributed by atoms with E-state index in [1.54, 1.807) is 31.2 Å². The summed E-state index contributed by atoms with van der Waals surface area (Å²) in [6.45, 7) is 2.07. The topological polar surface area (TPSA) is 128 Å². The van der Waals surface area contributed by atoms with E-state index in [2.05, 4.69) is 5.32 Å². The molecule has 38 heavy (non-hydrogen) atoms. The lowest BCUT2D eigenvalue weighted by molar-refractivity contribution is -0.384. The molecule has 10 nitrogen and oxygen atoms in total. The standard InChI is InChI=1S/C26H19Cl2N3O7/c1-2-37-22-12-16(11-21(28)23(22)38-14-15-6-8-18(9-7-15)31(35)36)10-20-24(32)29-26(34)30(25(20)33)19-5-3-4-17(27)13-19/h3-13H,2,14H2,1H3,(H,29,32,34)/b20-10+. The van der Waals surface area contributed by atoms with Crippen molar-refractivity contribution in [2.24, 2.45) is 0 Å². The minimum Gasteiger partial charge on any atom is -0.490 e. The SMILES string of the molecule is CCOc1cc(/C=C2\C(=O)NC(=O)N(c3cccc(Cl)c3)C2=O)cc(Cl)c1OCc1ccc([N+](=O)[O-])cc1. The number of benzene rings is 3. The molecule has 1 fully saturated rings. The van der Waals surface area contributed by atoms with E-state index in [1.165, 1.54) is 42.5 Å². The van der Waals surface area contributed by atoms with Crippen molar-refractivity contribution in [2.75, 3.05) is 11.5 Å². The van der Waals surface area contributed by atoms with Gasteiger partial charge in [-0.1, -0.05) is 29.3 Å². The maximum Gasteiger partial charge on any atom is 0.335 e. The second-order valence-corrected chi connectivity index (χ2v) is 8.76. The Balaban J connectivity index is 1.63. The van der Waals surface area contributed by atoms with Gasteiger partial charge in [0.2, 0.25) is 0 Å². The molecule has 1 heterocycles. The number of ether oxygens (including phenoxy) is 2. The van der Waals surface area contributed by atoms with Crippen LogP contribution in [0.4, 0.5) is 16.2 Å². The number of nitro benzene ring substituents is 1. The fraction of sp³-hybridized carbons (Fsp3) is 0.115. The zero-order valence-corrected chi connectivity index (χ0v) is 21.3. The Morgan fingerprint density at radius 1 is 1.03 bits per heavy atom. The fourth-order valence-electron chi connectivity index (χ4n) is 3.62. The average molecular weight is 556 g/mol. The predicted octanol–water partition coefficient (Wildman–Crippen LogP) is 5.55. The van der Waals surface area contributed by atoms with Gasteiger partial charge < -0.3 is 9.47 Å². The average Bonchev–Trinajstić information content (AvgIpc) is 2.86. The third-order valence-corrected chi connectivity index (χ3v) is 5.86. The van der Waals surface area contributed by atoms with E-state index >= 15 is 0 Å². The molecule has 0 atom stereocenters. The van der Waals surface area contributed by atoms with Gasteiger partial charge in [0.15, 0.2) is 11.5 Å². The van der Waals surface area contributed by atoms with Gasteiger partial charge in [0, 0.05) is 17.2 Å². The van der Waals surface area contributed by atoms with E-state index in [0.717, 1.165) is 4.90 Å². The Morgan fingerprint density at radius 3 is 2.42 bits per heavy atom. The molecule has 1 aliphatic rings. The summed E-state index contributed by atoms with van der Waals surface area (Å²) in [4.78, 5) is 49.3. The summed E-state index contributed by atoms with van der Waals surface area (Å²) in [5.74, 6) is -1.25. The number of imide groups is 2. The molecule has 0 radical (unpaired) electrons. The predicted molar refractivity (Wildman–Crippen MR) is 141 cm³/mol. The molecule has 3 aromatic carbocycles. The first-order chi connectivity index (χ1) is 18.2. The number of hydrogen-bond acceptors (Lipinski definition) is 7. The molecule has 0 saturated carbocycles. The van der Waals surface area contributed by atoms with E-state index < -0.39 is 22.8 Å². The Kier molecular flexibility index (Phi) is 7.94. The second kappa shape index (κ2) is 11.3. The van der Waals surface area contributed by atoms with Gasteiger partial charge in [-0.15, -0.1) is 0 Å². The molecule has 12 heteroatoms. The highest BCUT2D eigenvalue weighted by molar-refractivity contribution is 6.39. The fourth-order valence-corrected chi connectivity index (χ4v) is 4.08. The Morgan fingerprint density at radius 2 is 1.76 bits per heavy atom. The van der Waals surface area contributed by atoms with Crippen LogP contribution in [0.2, 0.25) is 10.0 Å². The van der Waals surface area contributed by atoms with Gasteiger partial charge in [-0.05, 0) is 66.6 Å². The van der Waals surface area contributed by atoms with Gasteiger partial charge in [0.05, 0.1) is 22.2 Å². The lowest BCUT2D eigenvalue weighted by Gasteiger charge is -2.26. The quantitative estimate of drug-likeness (QED) is 0.167. The van der Waals surface area contributed by atoms with Crippen LogP contribution in [0.3, 0.4) is 0 Å². The number of hydrogen-bond donors (Lipinski definition) is 1. The van der Waals surface area contributed by atoms with Crippen LogP contribution in [0, 0.1) is 10.1 Å². The zero-order valence-electron chi connectivity index (χ0n) is 19.8. The van der Waals surface area contributed by atoms with Crippen LogP contribution in [0.5, 0.6) is 11.5 Å². The number of rotatable bonds is 8. The smallest absolute Gasteiger partial charge is 0.335 e. The van der Waals surface area contributed by atoms with Crippen LogP contribution in [-0.2, 0) is 16.2 Å². The van der Waals surface area contributed by atoms with E-state index in [-0.39, 0.29) is 46.7 Å². The molecular formula is C26H19Cl2N3O7. The van der Waals surface area contributed by atoms with Gasteiger partial charge in [-0.3, -0.25) is 25.0 Å². The molecule has 0 spiro atoms. The molecule has 3 aromatic rings. The minimum absolute atomic E-state index is 0.0453. The maximum absolute atomic E-state index is 13.2. The number of nitrogens with zero attached hydrogens (tertiary/aromatic N) is 2. The van der Waals surface area contributed by atoms with Crippen molar-refractivity contribution >= 4 is 58.5 Å². The van der Waals surface area contributed by atoms with Crippen LogP contribution in [0.15, 0.2) is 66.2 Å². The lowest BCUT2D eigenvalue weighted by atomic mass is 10.1. The van der Waals surface area contributed by atoms with Crippen LogP contribution in [-0.4, -0.2) is 29.4 Å². The molecule has 1 saturated heterocycles. The van der Waals surface area contributed by atoms with Gasteiger partial charge >= 0.3 is 6.03 Å². The van der Waals surface area contributed by atoms with E-state index in [9.17, 15) is 24.5 Å². The third-order valence-electron chi connectivity index (χ3n) is 5.34. The number of nitro groups is 1. The molecular weight excluding hydrogens is 537 g/mol. The second-order valence-electron chi connectivity index (χ2n) is 7.91. The summed E-state index contributed by atoms with van der Waals surface area (Å²) >= 11 is 12.5. The highest BCUT2D eigenvalue weighted by Gasteiger charge is 2.37. The van der Waals surface area contributed by atoms with E-state index in [4.69, 9.17) is 32.7 Å². The number of halogens is 2. The number of urea groups is 1. The summed E-state index contributed by atoms with van der Waals surface area (Å²) in [7, 11) is 0. The van der Waals surface area contributed by atoms with E-state index in [1.807, 2.05) is 0 Å². The summed E-state index contributed by atoms with van der Waals surface area (Å²) in [5, 5.41) is 13.4. The minimum atomic E-state index is -0.901. The van der Waals surface area contributed by atoms with Crippen molar-refractivity contribution in [1.29, 1.82) is 0 Å². The van der Waals surface area contributed by atoms with Gasteiger partial charge in [-0.25, -0.2) is 9.69 Å². The monoisotopic (exact) mass is 555 g/mol. The first kappa shape index (κ1) is 26.6. The number of carbonyl (C=O) groups is 3. The third kappa shape index (κ3) is 5.77. The van der Waals surface area contributed by atoms with Crippen molar-refractivity contribution in [2.45, 2.75) is 13.5 Å². The van der Waals surface area contributed by atoms with Crippen LogP contribution >= 0.6 is 23.2 Å². The molecule has 0 unspecified atom stereocenters. The molecule has 4 amide bonds. The maximum atomic E-state index is 13.2. The highest BCUT2D eigenvalue weighted by Crippen LogP contribution is 2.38. The summed E-state index contributed by atoms with van der Waals surface area (Å²) in [6, 6.07) is 14.1. The van der Waals surface area contributed by atoms with E-state index in [0.29, 0.717) is 16.1 Å². The van der Waals surface area contributed by atoms with Crippen molar-refractivity contribution in [3.05, 3.63) is 97.5 Å². The zero-order chi connectivity index (χ0) is 27.4. The first-order valence-corrected chi connectivity index (χ1v) is 11.9. The van der Waals surface area contributed by atoms with Gasteiger partial charge in [0.25, 0.3) is 17.5 Å². The van der Waals surface area contributed by atoms with Crippen LogP contribution in [0.1, 0.15) is 18.1 Å². The summed E-state index contributed by atoms with van der Waals surface area (Å²) in [6.07, 6.45) is 1.29. The van der Waals surface area contributed by atoms with Crippen molar-refractivity contribution in [3.8, 4) is 11.5 Å². The highest BCUT2D eigenvalue weighted by atomic mass is 35.5. The normalized spacial score (nSPS) is 14.4. The molecule has 4 rings (SSSR count). The molecule has 194 valence electrons. The largest absolute Gasteiger partial charge is 0.490 e. The van der Waals surface area contributed by atoms with Crippen LogP contribution < -0.4 is 19.7 Å². The Hall–Kier alpha value is -4.41. The lowest BCUT2D eigenvalue weighted by Crippen LogP contribution is -2.54. The van der Waals surface area contributed by atoms with Gasteiger partial charge in [0.1, 0.15) is 12.2 Å². The molecule has 1 aliphatic heterocycles. The Labute approximate surface area is 226 Å². The number of amides is 4. The Bertz CT molecular complexity index is 1470. The number of nitrogens with one attached hydrogen (secondary N) is 1. The van der Waals surface area contributed by atoms with Crippen LogP contribution in [0.25, 0.3) is 6.08 Å². The first-order valence-electron chi connectivity index (χ1n) is 11.2. The molecule has 0 aromatic heterocycles. The molecule has 1 N–H and O–H groups in total. The van der Waals surface area contributed by atoms with Crippen molar-refractivity contribution in [1.82, 2.24) is 5.32 Å². The van der Waals surface area contributed by atoms with Crippen molar-refractivity contribution < 1.29 is 28.8 Å². The van der Waals surface area contributed by atoms with Crippen molar-refractivity contribution in [3.63, 3.8) is 0 Å². The molecule has 0 aliphatic carbocycles. The number of non-ortho nitro benzene ring substituents is 1. The summed E-state index contributed by atoms with van der Waals surface area (Å²) in [5.41, 5.74) is 0.857. The number of carbonyl (C=O) groups excluding carboxylic acids is 3. The molecule has 0 bridgehead atoms. The summed E-state index contributed by atoms with van der Waals surface area (Å²) < 4.78 is 11.5. The number of barbiturate groups is 1.